The Balaban J connectivity index is 2.45. The predicted molar refractivity (Wildman–Crippen MR) is 60.5 cm³/mol. The Morgan fingerprint density at radius 1 is 1.43 bits per heavy atom. The van der Waals surface area contributed by atoms with Crippen LogP contribution in [-0.2, 0) is 4.74 Å². The first-order valence-corrected chi connectivity index (χ1v) is 5.84. The van der Waals surface area contributed by atoms with Gasteiger partial charge in [-0.25, -0.2) is 0 Å². The normalized spacial score (nSPS) is 25.3. The molecular weight excluding hydrogens is 174 g/mol. The van der Waals surface area contributed by atoms with Crippen LogP contribution in [-0.4, -0.2) is 25.8 Å². The number of rotatable bonds is 4. The average Bonchev–Trinajstić information content (AvgIpc) is 2.52. The molecular formula is C12H25NO. The summed E-state index contributed by atoms with van der Waals surface area (Å²) in [4.78, 5) is 0. The first-order chi connectivity index (χ1) is 6.53. The van der Waals surface area contributed by atoms with Crippen LogP contribution in [0.5, 0.6) is 0 Å². The average molecular weight is 199 g/mol. The van der Waals surface area contributed by atoms with Gasteiger partial charge in [0, 0.05) is 12.6 Å². The molecule has 0 bridgehead atoms. The van der Waals surface area contributed by atoms with Gasteiger partial charge in [0.2, 0.25) is 0 Å². The molecule has 0 radical (unpaired) electrons. The van der Waals surface area contributed by atoms with Gasteiger partial charge in [0.05, 0.1) is 6.61 Å². The summed E-state index contributed by atoms with van der Waals surface area (Å²) in [5.41, 5.74) is 0.412. The fraction of sp³-hybridized carbons (Fsp3) is 1.00. The molecule has 1 aliphatic heterocycles. The van der Waals surface area contributed by atoms with Gasteiger partial charge in [0.1, 0.15) is 0 Å². The highest BCUT2D eigenvalue weighted by atomic mass is 16.5. The second-order valence-electron chi connectivity index (χ2n) is 5.55. The van der Waals surface area contributed by atoms with Crippen LogP contribution in [0.2, 0.25) is 0 Å². The first-order valence-electron chi connectivity index (χ1n) is 5.84. The largest absolute Gasteiger partial charge is 0.381 e. The molecule has 0 saturated carbocycles. The Hall–Kier alpha value is -0.0800. The molecule has 0 aromatic rings. The molecule has 84 valence electrons. The molecule has 0 aromatic carbocycles. The van der Waals surface area contributed by atoms with Crippen molar-refractivity contribution < 1.29 is 4.74 Å². The Bertz CT molecular complexity index is 156. The predicted octanol–water partition coefficient (Wildman–Crippen LogP) is 2.44. The Labute approximate surface area is 88.4 Å². The van der Waals surface area contributed by atoms with E-state index in [1.165, 1.54) is 12.8 Å². The van der Waals surface area contributed by atoms with E-state index >= 15 is 0 Å². The minimum absolute atomic E-state index is 0.412. The molecule has 2 unspecified atom stereocenters. The van der Waals surface area contributed by atoms with Crippen LogP contribution >= 0.6 is 0 Å². The van der Waals surface area contributed by atoms with E-state index in [0.717, 1.165) is 25.7 Å². The summed E-state index contributed by atoms with van der Waals surface area (Å²) in [5.74, 6) is 0.731. The lowest BCUT2D eigenvalue weighted by Gasteiger charge is -2.30. The third-order valence-corrected chi connectivity index (χ3v) is 2.83. The van der Waals surface area contributed by atoms with Gasteiger partial charge in [-0.1, -0.05) is 27.7 Å². The quantitative estimate of drug-likeness (QED) is 0.751. The summed E-state index contributed by atoms with van der Waals surface area (Å²) in [7, 11) is 0. The van der Waals surface area contributed by atoms with E-state index in [1.54, 1.807) is 0 Å². The van der Waals surface area contributed by atoms with Crippen molar-refractivity contribution in [1.82, 2.24) is 5.32 Å². The number of hydrogen-bond acceptors (Lipinski definition) is 2. The second kappa shape index (κ2) is 5.13. The van der Waals surface area contributed by atoms with Crippen LogP contribution in [0.1, 0.15) is 40.5 Å². The van der Waals surface area contributed by atoms with E-state index < -0.39 is 0 Å². The molecule has 14 heavy (non-hydrogen) atoms. The fourth-order valence-corrected chi connectivity index (χ4v) is 2.20. The van der Waals surface area contributed by atoms with Crippen LogP contribution in [0, 0.1) is 11.3 Å². The smallest absolute Gasteiger partial charge is 0.0510 e. The van der Waals surface area contributed by atoms with Gasteiger partial charge in [-0.05, 0) is 30.7 Å². The molecule has 1 fully saturated rings. The number of hydrogen-bond donors (Lipinski definition) is 1. The van der Waals surface area contributed by atoms with Crippen molar-refractivity contribution in [3.63, 3.8) is 0 Å². The minimum atomic E-state index is 0.412. The molecule has 1 rings (SSSR count). The Morgan fingerprint density at radius 2 is 2.14 bits per heavy atom. The molecule has 1 saturated heterocycles. The Morgan fingerprint density at radius 3 is 2.57 bits per heavy atom. The molecule has 2 atom stereocenters. The topological polar surface area (TPSA) is 21.3 Å². The molecule has 0 aliphatic carbocycles. The van der Waals surface area contributed by atoms with E-state index in [9.17, 15) is 0 Å². The summed E-state index contributed by atoms with van der Waals surface area (Å²) >= 11 is 0. The van der Waals surface area contributed by atoms with Crippen molar-refractivity contribution in [1.29, 1.82) is 0 Å². The molecule has 2 nitrogen and oxygen atoms in total. The maximum absolute atomic E-state index is 5.46. The van der Waals surface area contributed by atoms with Crippen molar-refractivity contribution in [3.05, 3.63) is 0 Å². The third kappa shape index (κ3) is 3.97. The van der Waals surface area contributed by atoms with Crippen molar-refractivity contribution in [3.8, 4) is 0 Å². The van der Waals surface area contributed by atoms with Crippen molar-refractivity contribution in [2.75, 3.05) is 19.8 Å². The molecule has 0 spiro atoms. The second-order valence-corrected chi connectivity index (χ2v) is 5.55. The van der Waals surface area contributed by atoms with Crippen LogP contribution in [0.3, 0.4) is 0 Å². The van der Waals surface area contributed by atoms with E-state index in [-0.39, 0.29) is 0 Å². The van der Waals surface area contributed by atoms with E-state index in [1.807, 2.05) is 0 Å². The van der Waals surface area contributed by atoms with Gasteiger partial charge in [-0.15, -0.1) is 0 Å². The van der Waals surface area contributed by atoms with Crippen molar-refractivity contribution in [2.24, 2.45) is 11.3 Å². The minimum Gasteiger partial charge on any atom is -0.381 e. The standard InChI is InChI=1S/C12H25NO/c1-5-13-11(8-12(2,3)4)10-6-7-14-9-10/h10-11,13H,5-9H2,1-4H3. The maximum atomic E-state index is 5.46. The maximum Gasteiger partial charge on any atom is 0.0510 e. The summed E-state index contributed by atoms with van der Waals surface area (Å²) < 4.78 is 5.46. The zero-order chi connectivity index (χ0) is 10.6. The SMILES string of the molecule is CCNC(CC(C)(C)C)C1CCOC1. The van der Waals surface area contributed by atoms with Crippen molar-refractivity contribution >= 4 is 0 Å². The van der Waals surface area contributed by atoms with Gasteiger partial charge < -0.3 is 10.1 Å². The van der Waals surface area contributed by atoms with Crippen LogP contribution < -0.4 is 5.32 Å². The molecule has 2 heteroatoms. The molecule has 1 aliphatic rings. The summed E-state index contributed by atoms with van der Waals surface area (Å²) in [6.07, 6.45) is 2.47. The van der Waals surface area contributed by atoms with E-state index in [4.69, 9.17) is 4.74 Å². The monoisotopic (exact) mass is 199 g/mol. The van der Waals surface area contributed by atoms with E-state index in [0.29, 0.717) is 11.5 Å². The number of nitrogens with one attached hydrogen (secondary N) is 1. The van der Waals surface area contributed by atoms with E-state index in [2.05, 4.69) is 33.0 Å². The summed E-state index contributed by atoms with van der Waals surface area (Å²) in [5, 5.41) is 3.60. The van der Waals surface area contributed by atoms with Crippen LogP contribution in [0.4, 0.5) is 0 Å². The van der Waals surface area contributed by atoms with Crippen molar-refractivity contribution in [2.45, 2.75) is 46.6 Å². The van der Waals surface area contributed by atoms with Crippen LogP contribution in [0.15, 0.2) is 0 Å². The molecule has 0 amide bonds. The zero-order valence-corrected chi connectivity index (χ0v) is 10.1. The lowest BCUT2D eigenvalue weighted by molar-refractivity contribution is 0.166. The van der Waals surface area contributed by atoms with Gasteiger partial charge >= 0.3 is 0 Å². The van der Waals surface area contributed by atoms with Crippen LogP contribution in [0.25, 0.3) is 0 Å². The fourth-order valence-electron chi connectivity index (χ4n) is 2.20. The number of ether oxygens (including phenoxy) is 1. The summed E-state index contributed by atoms with van der Waals surface area (Å²) in [6, 6.07) is 0.641. The van der Waals surface area contributed by atoms with Gasteiger partial charge in [0.25, 0.3) is 0 Å². The van der Waals surface area contributed by atoms with Gasteiger partial charge in [-0.2, -0.15) is 0 Å². The summed E-state index contributed by atoms with van der Waals surface area (Å²) in [6.45, 7) is 12.1. The first kappa shape index (κ1) is 12.0. The van der Waals surface area contributed by atoms with Gasteiger partial charge in [0.15, 0.2) is 0 Å². The molecule has 0 aromatic heterocycles. The Kier molecular flexibility index (Phi) is 4.39. The molecule has 1 heterocycles. The lowest BCUT2D eigenvalue weighted by atomic mass is 9.82. The molecule has 1 N–H and O–H groups in total. The highest BCUT2D eigenvalue weighted by molar-refractivity contribution is 4.83. The van der Waals surface area contributed by atoms with Gasteiger partial charge in [-0.3, -0.25) is 0 Å². The zero-order valence-electron chi connectivity index (χ0n) is 10.1. The highest BCUT2D eigenvalue weighted by Crippen LogP contribution is 2.27. The third-order valence-electron chi connectivity index (χ3n) is 2.83. The highest BCUT2D eigenvalue weighted by Gasteiger charge is 2.28. The lowest BCUT2D eigenvalue weighted by Crippen LogP contribution is -2.39.